The van der Waals surface area contributed by atoms with E-state index in [0.29, 0.717) is 70.7 Å². The van der Waals surface area contributed by atoms with Gasteiger partial charge in [-0.25, -0.2) is 24.3 Å². The van der Waals surface area contributed by atoms with Gasteiger partial charge in [-0.2, -0.15) is 4.98 Å². The van der Waals surface area contributed by atoms with Crippen LogP contribution >= 0.6 is 18.2 Å². The van der Waals surface area contributed by atoms with Crippen molar-refractivity contribution in [3.8, 4) is 17.2 Å². The highest BCUT2D eigenvalue weighted by Crippen LogP contribution is 2.66. The van der Waals surface area contributed by atoms with Gasteiger partial charge in [-0.1, -0.05) is 353 Å². The van der Waals surface area contributed by atoms with Crippen LogP contribution in [0.15, 0.2) is 101 Å². The maximum atomic E-state index is 15.5. The van der Waals surface area contributed by atoms with Gasteiger partial charge in [0.1, 0.15) is 49.2 Å². The van der Waals surface area contributed by atoms with E-state index in [1.807, 2.05) is 32.0 Å². The van der Waals surface area contributed by atoms with Crippen LogP contribution in [0.5, 0.6) is 17.2 Å². The van der Waals surface area contributed by atoms with Gasteiger partial charge >= 0.3 is 24.4 Å². The fourth-order valence-electron chi connectivity index (χ4n) is 17.4. The van der Waals surface area contributed by atoms with Crippen molar-refractivity contribution in [2.45, 2.75) is 436 Å². The number of esters is 2. The number of aromatic nitrogens is 6. The smallest absolute Gasteiger partial charge is 0.394 e. The predicted octanol–water partition coefficient (Wildman–Crippen LogP) is 27.2. The third kappa shape index (κ3) is 44.3. The van der Waals surface area contributed by atoms with Crippen LogP contribution in [0.3, 0.4) is 0 Å². The summed E-state index contributed by atoms with van der Waals surface area (Å²) in [7, 11) is 1.65. The lowest BCUT2D eigenvalue weighted by molar-refractivity contribution is -0.153. The number of anilines is 2. The van der Waals surface area contributed by atoms with Crippen LogP contribution in [0.4, 0.5) is 11.6 Å². The molecule has 3 aromatic heterocycles. The molecule has 3 aromatic carbocycles. The number of nitrogens with zero attached hydrogens (tertiary/aromatic N) is 7. The van der Waals surface area contributed by atoms with Crippen molar-refractivity contribution in [2.24, 2.45) is 0 Å². The van der Waals surface area contributed by atoms with Crippen LogP contribution in [-0.2, 0) is 51.7 Å². The second kappa shape index (κ2) is 67.3. The van der Waals surface area contributed by atoms with E-state index < -0.39 is 73.8 Å². The molecule has 2 saturated heterocycles. The quantitative estimate of drug-likeness (QED) is 0.0204. The third-order valence-corrected chi connectivity index (χ3v) is 29.2. The molecule has 28 heteroatoms. The summed E-state index contributed by atoms with van der Waals surface area (Å²) in [4.78, 5) is 114. The largest absolute Gasteiger partial charge is 0.490 e. The predicted molar refractivity (Wildman–Crippen MR) is 538 cm³/mol. The summed E-state index contributed by atoms with van der Waals surface area (Å²) in [5.41, 5.74) is 1.61. The number of imidazole rings is 1. The normalized spacial score (nSPS) is 16.3. The molecule has 135 heavy (non-hydrogen) atoms. The lowest BCUT2D eigenvalue weighted by atomic mass is 10.0. The maximum Gasteiger partial charge on any atom is 0.394 e. The molecule has 2 aliphatic rings. The molecule has 6 aromatic rings. The fourth-order valence-corrected chi connectivity index (χ4v) is 20.9. The van der Waals surface area contributed by atoms with Crippen molar-refractivity contribution in [3.05, 3.63) is 119 Å². The Labute approximate surface area is 811 Å². The molecule has 26 nitrogen and oxygen atoms in total. The molecule has 2 aliphatic heterocycles. The number of likely N-dealkylation sites (N-methyl/N-ethyl adjacent to an activating group) is 1. The molecule has 8 rings (SSSR count). The first-order chi connectivity index (χ1) is 65.9. The van der Waals surface area contributed by atoms with Crippen molar-refractivity contribution in [2.75, 3.05) is 57.3 Å². The van der Waals surface area contributed by atoms with Crippen LogP contribution in [-0.4, -0.2) is 140 Å². The summed E-state index contributed by atoms with van der Waals surface area (Å²) >= 11 is 0.877. The molecular formula is C107H166N9O17PS. The minimum absolute atomic E-state index is 0.0474. The van der Waals surface area contributed by atoms with Gasteiger partial charge in [0.15, 0.2) is 28.5 Å². The number of amides is 3. The molecule has 0 saturated carbocycles. The molecule has 3 amide bonds. The van der Waals surface area contributed by atoms with Crippen LogP contribution in [0, 0.1) is 6.92 Å². The number of aryl methyl sites for hydroxylation is 1. The highest BCUT2D eigenvalue weighted by atomic mass is 32.7. The Morgan fingerprint density at radius 3 is 1.46 bits per heavy atom. The van der Waals surface area contributed by atoms with Crippen molar-refractivity contribution < 1.29 is 75.5 Å². The molecule has 5 heterocycles. The zero-order valence-corrected chi connectivity index (χ0v) is 84.9. The number of unbranched alkanes of at least 4 members (excludes halogenated alkanes) is 45. The first-order valence-corrected chi connectivity index (χ1v) is 55.4. The number of rotatable bonds is 78. The standard InChI is InChI=1S/C107H166N9O17PS/c1-8-12-15-18-21-24-27-30-33-36-39-42-45-48-51-57-73-125-92-77-87(78-93(126-74-58-52-49-46-43-40-37-34-31-28-25-22-19-16-13-9-2)102(92)128-75-59-53-50-47-44-41-38-35-32-29-26-23-20-17-14-10-3)106(122)114(7)72-76-127-99(119)69-67-96(118)111-95-70-71-115(107(123)112-95)97-79-90(132-100(120)68-64-85(6)117)94(131-97)81-129-134(124,135-88-65-62-84(5)63-66-88)133-91-80-98(130-89(91)11-4)116-83-110-101-103(108-82-109-104(101)116)113-105(121)86-60-55-54-56-61-86/h54-56,60-63,65-66,70-71,77-78,82-83,89-91,94,97-98H,8-53,57-59,64,67-69,72-76,79-81H2,1-7H3,(H,108,109,113,121)(H,111,112,118,123)/t89-,90?,91?,94-,97-,98-,134?/m1/s1. The molecule has 752 valence electrons. The summed E-state index contributed by atoms with van der Waals surface area (Å²) in [6, 6.07) is 20.9. The van der Waals surface area contributed by atoms with Gasteiger partial charge in [0.2, 0.25) is 11.7 Å². The summed E-state index contributed by atoms with van der Waals surface area (Å²) in [6.45, 7) is 8.59. The van der Waals surface area contributed by atoms with Gasteiger partial charge in [0, 0.05) is 55.0 Å². The van der Waals surface area contributed by atoms with E-state index >= 15 is 4.57 Å². The highest BCUT2D eigenvalue weighted by Gasteiger charge is 2.46. The van der Waals surface area contributed by atoms with E-state index in [1.54, 1.807) is 60.1 Å². The van der Waals surface area contributed by atoms with E-state index in [0.717, 1.165) is 79.3 Å². The van der Waals surface area contributed by atoms with E-state index in [4.69, 9.17) is 42.2 Å². The van der Waals surface area contributed by atoms with Crippen LogP contribution in [0.2, 0.25) is 0 Å². The molecular weight excluding hydrogens is 1750 g/mol. The first kappa shape index (κ1) is 112. The number of ketones is 1. The zero-order valence-electron chi connectivity index (χ0n) is 83.2. The average Bonchev–Trinajstić information content (AvgIpc) is 1.63. The summed E-state index contributed by atoms with van der Waals surface area (Å²) in [5.74, 6) is -1.35. The van der Waals surface area contributed by atoms with Crippen LogP contribution in [0.25, 0.3) is 11.2 Å². The second-order valence-corrected chi connectivity index (χ2v) is 41.2. The molecule has 0 spiro atoms. The SMILES string of the molecule is CCCCCCCCCCCCCCCCCCOc1cc(C(=O)N(C)CCOC(=O)CCC(=O)Nc2ccn([C@H]3CC(OC(=O)CCC(C)=O)[C@@H](COP(=O)(OC4C[C@H](n5cnc6c(NC(=O)c7ccccc7)ncnc65)O[C@@H]4CC)Sc4ccc(C)cc4)O3)c(=O)n2)cc(OCCCCCCCCCCCCCCCCCC)c1OCCCCCCCCCCCCCCCCCC. The minimum atomic E-state index is -4.30. The molecule has 0 bridgehead atoms. The van der Waals surface area contributed by atoms with Gasteiger partial charge < -0.3 is 53.5 Å². The van der Waals surface area contributed by atoms with E-state index in [2.05, 4.69) is 51.3 Å². The van der Waals surface area contributed by atoms with Crippen molar-refractivity contribution in [1.82, 2.24) is 34.0 Å². The number of carbonyl (C=O) groups is 6. The van der Waals surface area contributed by atoms with Gasteiger partial charge in [-0.05, 0) is 93.4 Å². The minimum Gasteiger partial charge on any atom is -0.490 e. The van der Waals surface area contributed by atoms with Crippen LogP contribution < -0.4 is 30.5 Å². The Bertz CT molecular complexity index is 4380. The Balaban J connectivity index is 0.855. The van der Waals surface area contributed by atoms with Crippen molar-refractivity contribution in [1.29, 1.82) is 0 Å². The molecule has 2 fully saturated rings. The maximum absolute atomic E-state index is 15.5. The van der Waals surface area contributed by atoms with Crippen molar-refractivity contribution in [3.63, 3.8) is 0 Å². The monoisotopic (exact) mass is 1910 g/mol. The average molecular weight is 1910 g/mol. The topological polar surface area (TPSA) is 308 Å². The molecule has 7 atom stereocenters. The van der Waals surface area contributed by atoms with Gasteiger partial charge in [-0.15, -0.1) is 0 Å². The van der Waals surface area contributed by atoms with E-state index in [-0.39, 0.29) is 80.9 Å². The number of hydrogen-bond acceptors (Lipinski definition) is 22. The van der Waals surface area contributed by atoms with E-state index in [9.17, 15) is 33.6 Å². The fraction of sp³-hybridized carbons (Fsp3) is 0.692. The number of ether oxygens (including phenoxy) is 7. The first-order valence-electron chi connectivity index (χ1n) is 52.5. The Morgan fingerprint density at radius 2 is 0.970 bits per heavy atom. The Morgan fingerprint density at radius 1 is 0.504 bits per heavy atom. The van der Waals surface area contributed by atoms with Crippen molar-refractivity contribution >= 4 is 76.4 Å². The lowest BCUT2D eigenvalue weighted by Crippen LogP contribution is -2.31. The van der Waals surface area contributed by atoms with Gasteiger partial charge in [-0.3, -0.25) is 42.2 Å². The van der Waals surface area contributed by atoms with Crippen LogP contribution in [0.1, 0.15) is 426 Å². The lowest BCUT2D eigenvalue weighted by Gasteiger charge is -2.26. The number of nitrogens with one attached hydrogen (secondary N) is 2. The Kier molecular flexibility index (Phi) is 55.9. The molecule has 0 radical (unpaired) electrons. The summed E-state index contributed by atoms with van der Waals surface area (Å²) in [6.07, 6.45) is 59.3. The van der Waals surface area contributed by atoms with E-state index in [1.165, 1.54) is 287 Å². The number of carbonyl (C=O) groups excluding carboxylic acids is 6. The number of benzene rings is 3. The summed E-state index contributed by atoms with van der Waals surface area (Å²) in [5, 5.41) is 5.43. The third-order valence-electron chi connectivity index (χ3n) is 25.6. The summed E-state index contributed by atoms with van der Waals surface area (Å²) < 4.78 is 76.0. The molecule has 0 aliphatic carbocycles. The Hall–Kier alpha value is -8.07. The highest BCUT2D eigenvalue weighted by molar-refractivity contribution is 8.55. The number of hydrogen-bond donors (Lipinski definition) is 2. The zero-order chi connectivity index (χ0) is 96.1. The second-order valence-electron chi connectivity index (χ2n) is 37.3. The molecule has 2 N–H and O–H groups in total. The van der Waals surface area contributed by atoms with Gasteiger partial charge in [0.05, 0.1) is 64.3 Å². The number of Topliss-reactive ketones (excluding diaryl/α,β-unsaturated/α-hetero) is 1. The molecule has 3 unspecified atom stereocenters. The van der Waals surface area contributed by atoms with Gasteiger partial charge in [0.25, 0.3) is 11.8 Å². The number of fused-ring (bicyclic) bond motifs is 1.